The lowest BCUT2D eigenvalue weighted by atomic mass is 10.2. The van der Waals surface area contributed by atoms with E-state index in [0.29, 0.717) is 17.2 Å². The molecule has 0 bridgehead atoms. The number of benzene rings is 2. The number of hydrogen-bond acceptors (Lipinski definition) is 6. The Kier molecular flexibility index (Phi) is 3.78. The molecule has 0 fully saturated rings. The molecule has 0 amide bonds. The van der Waals surface area contributed by atoms with Crippen molar-refractivity contribution in [2.24, 2.45) is 0 Å². The minimum absolute atomic E-state index is 0.0463. The second-order valence-electron chi connectivity index (χ2n) is 4.44. The first kappa shape index (κ1) is 13.7. The molecule has 1 aromatic heterocycles. The van der Waals surface area contributed by atoms with Gasteiger partial charge in [0.05, 0.1) is 10.5 Å². The van der Waals surface area contributed by atoms with Crippen molar-refractivity contribution in [3.63, 3.8) is 0 Å². The van der Waals surface area contributed by atoms with Crippen molar-refractivity contribution in [2.45, 2.75) is 6.61 Å². The Balaban J connectivity index is 1.71. The van der Waals surface area contributed by atoms with Gasteiger partial charge in [0.25, 0.3) is 5.69 Å². The minimum atomic E-state index is -0.419. The molecule has 0 N–H and O–H groups in total. The Morgan fingerprint density at radius 2 is 1.91 bits per heavy atom. The Bertz CT molecular complexity index is 770. The van der Waals surface area contributed by atoms with Crippen LogP contribution in [0.25, 0.3) is 11.5 Å². The molecule has 0 saturated heterocycles. The smallest absolute Gasteiger partial charge is 0.276 e. The standard InChI is InChI=1S/C15H11N3O4/c19-18(20)14-4-2-1-3-12(14)9-21-13-7-5-11(6-8-13)15-17-16-10-22-15/h1-8,10H,9H2. The van der Waals surface area contributed by atoms with Crippen LogP contribution in [0.2, 0.25) is 0 Å². The van der Waals surface area contributed by atoms with Crippen LogP contribution < -0.4 is 4.74 Å². The monoisotopic (exact) mass is 297 g/mol. The molecule has 7 heteroatoms. The summed E-state index contributed by atoms with van der Waals surface area (Å²) in [5.74, 6) is 1.02. The Morgan fingerprint density at radius 3 is 2.59 bits per heavy atom. The second-order valence-corrected chi connectivity index (χ2v) is 4.44. The van der Waals surface area contributed by atoms with Crippen LogP contribution in [0.15, 0.2) is 59.3 Å². The number of nitro benzene ring substituents is 1. The summed E-state index contributed by atoms with van der Waals surface area (Å²) in [6.45, 7) is 0.122. The SMILES string of the molecule is O=[N+]([O-])c1ccccc1COc1ccc(-c2nnco2)cc1. The summed E-state index contributed by atoms with van der Waals surface area (Å²) in [5, 5.41) is 18.4. The van der Waals surface area contributed by atoms with E-state index in [1.807, 2.05) is 0 Å². The fourth-order valence-corrected chi connectivity index (χ4v) is 1.96. The van der Waals surface area contributed by atoms with E-state index in [0.717, 1.165) is 5.56 Å². The molecule has 0 aliphatic carbocycles. The molecule has 3 rings (SSSR count). The van der Waals surface area contributed by atoms with E-state index in [1.165, 1.54) is 12.5 Å². The van der Waals surface area contributed by atoms with Crippen LogP contribution in [-0.2, 0) is 6.61 Å². The molecular weight excluding hydrogens is 286 g/mol. The van der Waals surface area contributed by atoms with Crippen LogP contribution in [0.3, 0.4) is 0 Å². The highest BCUT2D eigenvalue weighted by molar-refractivity contribution is 5.53. The molecule has 0 aliphatic rings. The van der Waals surface area contributed by atoms with Crippen LogP contribution in [0.1, 0.15) is 5.56 Å². The van der Waals surface area contributed by atoms with Gasteiger partial charge in [-0.2, -0.15) is 0 Å². The van der Waals surface area contributed by atoms with Crippen molar-refractivity contribution in [1.29, 1.82) is 0 Å². The Morgan fingerprint density at radius 1 is 1.14 bits per heavy atom. The highest BCUT2D eigenvalue weighted by Crippen LogP contribution is 2.23. The van der Waals surface area contributed by atoms with Gasteiger partial charge in [-0.3, -0.25) is 10.1 Å². The van der Waals surface area contributed by atoms with Crippen molar-refractivity contribution in [3.05, 3.63) is 70.6 Å². The van der Waals surface area contributed by atoms with Gasteiger partial charge in [-0.05, 0) is 30.3 Å². The summed E-state index contributed by atoms with van der Waals surface area (Å²) >= 11 is 0. The van der Waals surface area contributed by atoms with E-state index in [1.54, 1.807) is 42.5 Å². The first-order valence-electron chi connectivity index (χ1n) is 6.46. The Hall–Kier alpha value is -3.22. The summed E-state index contributed by atoms with van der Waals surface area (Å²) in [4.78, 5) is 10.5. The average Bonchev–Trinajstić information content (AvgIpc) is 3.08. The molecule has 0 saturated carbocycles. The third-order valence-electron chi connectivity index (χ3n) is 3.04. The van der Waals surface area contributed by atoms with Gasteiger partial charge in [0.15, 0.2) is 0 Å². The van der Waals surface area contributed by atoms with Gasteiger partial charge in [0, 0.05) is 11.6 Å². The predicted molar refractivity (Wildman–Crippen MR) is 77.2 cm³/mol. The number of ether oxygens (including phenoxy) is 1. The van der Waals surface area contributed by atoms with Crippen LogP contribution in [0.5, 0.6) is 5.75 Å². The number of nitrogens with zero attached hydrogens (tertiary/aromatic N) is 3. The lowest BCUT2D eigenvalue weighted by Gasteiger charge is -2.07. The zero-order valence-electron chi connectivity index (χ0n) is 11.4. The third kappa shape index (κ3) is 2.93. The van der Waals surface area contributed by atoms with E-state index in [2.05, 4.69) is 10.2 Å². The van der Waals surface area contributed by atoms with Gasteiger partial charge in [-0.15, -0.1) is 10.2 Å². The van der Waals surface area contributed by atoms with Crippen LogP contribution in [-0.4, -0.2) is 15.1 Å². The summed E-state index contributed by atoms with van der Waals surface area (Å²) in [5.41, 5.74) is 1.34. The van der Waals surface area contributed by atoms with Crippen molar-refractivity contribution < 1.29 is 14.1 Å². The molecule has 0 unspecified atom stereocenters. The topological polar surface area (TPSA) is 91.3 Å². The van der Waals surface area contributed by atoms with Gasteiger partial charge in [-0.1, -0.05) is 12.1 Å². The van der Waals surface area contributed by atoms with E-state index < -0.39 is 4.92 Å². The summed E-state index contributed by atoms with van der Waals surface area (Å²) < 4.78 is 10.7. The van der Waals surface area contributed by atoms with Crippen molar-refractivity contribution in [3.8, 4) is 17.2 Å². The number of aromatic nitrogens is 2. The quantitative estimate of drug-likeness (QED) is 0.530. The van der Waals surface area contributed by atoms with E-state index in [-0.39, 0.29) is 12.3 Å². The largest absolute Gasteiger partial charge is 0.489 e. The molecule has 0 radical (unpaired) electrons. The maximum atomic E-state index is 10.9. The average molecular weight is 297 g/mol. The molecule has 0 aliphatic heterocycles. The maximum Gasteiger partial charge on any atom is 0.276 e. The molecule has 0 spiro atoms. The lowest BCUT2D eigenvalue weighted by molar-refractivity contribution is -0.385. The van der Waals surface area contributed by atoms with Crippen molar-refractivity contribution >= 4 is 5.69 Å². The molecule has 1 heterocycles. The Labute approximate surface area is 125 Å². The fraction of sp³-hybridized carbons (Fsp3) is 0.0667. The van der Waals surface area contributed by atoms with Gasteiger partial charge in [0.1, 0.15) is 12.4 Å². The first-order valence-corrected chi connectivity index (χ1v) is 6.46. The molecule has 7 nitrogen and oxygen atoms in total. The van der Waals surface area contributed by atoms with Crippen LogP contribution in [0.4, 0.5) is 5.69 Å². The normalized spacial score (nSPS) is 10.4. The van der Waals surface area contributed by atoms with Crippen molar-refractivity contribution in [1.82, 2.24) is 10.2 Å². The van der Waals surface area contributed by atoms with E-state index >= 15 is 0 Å². The summed E-state index contributed by atoms with van der Waals surface area (Å²) in [7, 11) is 0. The second kappa shape index (κ2) is 6.04. The van der Waals surface area contributed by atoms with Crippen molar-refractivity contribution in [2.75, 3.05) is 0 Å². The molecular formula is C15H11N3O4. The number of rotatable bonds is 5. The van der Waals surface area contributed by atoms with Gasteiger partial charge in [-0.25, -0.2) is 0 Å². The minimum Gasteiger partial charge on any atom is -0.489 e. The van der Waals surface area contributed by atoms with Crippen LogP contribution >= 0.6 is 0 Å². The molecule has 110 valence electrons. The highest BCUT2D eigenvalue weighted by Gasteiger charge is 2.12. The number of nitro groups is 1. The first-order chi connectivity index (χ1) is 10.7. The lowest BCUT2D eigenvalue weighted by Crippen LogP contribution is -2.00. The zero-order valence-corrected chi connectivity index (χ0v) is 11.4. The number of hydrogen-bond donors (Lipinski definition) is 0. The fourth-order valence-electron chi connectivity index (χ4n) is 1.96. The molecule has 2 aromatic carbocycles. The van der Waals surface area contributed by atoms with E-state index in [4.69, 9.17) is 9.15 Å². The van der Waals surface area contributed by atoms with E-state index in [9.17, 15) is 10.1 Å². The third-order valence-corrected chi connectivity index (χ3v) is 3.04. The van der Waals surface area contributed by atoms with Gasteiger partial charge in [0.2, 0.25) is 12.3 Å². The molecule has 3 aromatic rings. The molecule has 0 atom stereocenters. The zero-order chi connectivity index (χ0) is 15.4. The molecule has 22 heavy (non-hydrogen) atoms. The summed E-state index contributed by atoms with van der Waals surface area (Å²) in [6.07, 6.45) is 1.26. The van der Waals surface area contributed by atoms with Gasteiger partial charge >= 0.3 is 0 Å². The van der Waals surface area contributed by atoms with Crippen LogP contribution in [0, 0.1) is 10.1 Å². The highest BCUT2D eigenvalue weighted by atomic mass is 16.6. The number of para-hydroxylation sites is 1. The van der Waals surface area contributed by atoms with Gasteiger partial charge < -0.3 is 9.15 Å². The maximum absolute atomic E-state index is 10.9. The predicted octanol–water partition coefficient (Wildman–Crippen LogP) is 3.22. The summed E-state index contributed by atoms with van der Waals surface area (Å²) in [6, 6.07) is 13.5.